The van der Waals surface area contributed by atoms with Crippen molar-refractivity contribution in [2.24, 2.45) is 7.05 Å². The van der Waals surface area contributed by atoms with E-state index in [2.05, 4.69) is 20.3 Å². The predicted octanol–water partition coefficient (Wildman–Crippen LogP) is 5.50. The van der Waals surface area contributed by atoms with Crippen LogP contribution in [-0.2, 0) is 24.1 Å². The minimum atomic E-state index is -4.47. The highest BCUT2D eigenvalue weighted by molar-refractivity contribution is 5.61. The Morgan fingerprint density at radius 3 is 2.30 bits per heavy atom. The van der Waals surface area contributed by atoms with Crippen LogP contribution in [0.3, 0.4) is 0 Å². The van der Waals surface area contributed by atoms with Gasteiger partial charge in [-0.2, -0.15) is 18.2 Å². The van der Waals surface area contributed by atoms with Crippen LogP contribution < -0.4 is 4.74 Å². The Kier molecular flexibility index (Phi) is 5.36. The van der Waals surface area contributed by atoms with Crippen molar-refractivity contribution >= 4 is 0 Å². The highest BCUT2D eigenvalue weighted by Gasteiger charge is 2.54. The molecule has 2 bridgehead atoms. The van der Waals surface area contributed by atoms with E-state index in [4.69, 9.17) is 14.2 Å². The first kappa shape index (κ1) is 23.6. The molecule has 0 spiro atoms. The number of ether oxygens (including phenoxy) is 1. The monoisotopic (exact) mass is 510 g/mol. The lowest BCUT2D eigenvalue weighted by Gasteiger charge is -2.51. The number of halogens is 3. The zero-order valence-electron chi connectivity index (χ0n) is 20.4. The third-order valence-electron chi connectivity index (χ3n) is 8.15. The van der Waals surface area contributed by atoms with Gasteiger partial charge in [0, 0.05) is 41.3 Å². The van der Waals surface area contributed by atoms with Crippen LogP contribution in [0.5, 0.6) is 5.88 Å². The minimum absolute atomic E-state index is 0.0417. The summed E-state index contributed by atoms with van der Waals surface area (Å²) >= 11 is 0. The average Bonchev–Trinajstić information content (AvgIpc) is 3.57. The molecule has 3 heterocycles. The van der Waals surface area contributed by atoms with Crippen molar-refractivity contribution in [1.82, 2.24) is 29.9 Å². The molecule has 3 fully saturated rings. The Bertz CT molecular complexity index is 1420. The van der Waals surface area contributed by atoms with Crippen molar-refractivity contribution in [3.8, 4) is 28.7 Å². The Morgan fingerprint density at radius 2 is 1.65 bits per heavy atom. The number of fused-ring (bicyclic) bond motifs is 3. The number of methoxy groups -OCH3 is 1. The molecule has 0 saturated heterocycles. The highest BCUT2D eigenvalue weighted by atomic mass is 19.4. The molecule has 0 aliphatic heterocycles. The van der Waals surface area contributed by atoms with Gasteiger partial charge in [-0.3, -0.25) is 0 Å². The number of rotatable bonds is 5. The maximum absolute atomic E-state index is 13.6. The summed E-state index contributed by atoms with van der Waals surface area (Å²) in [5.74, 6) is 2.60. The largest absolute Gasteiger partial charge is 0.481 e. The van der Waals surface area contributed by atoms with E-state index < -0.39 is 11.7 Å². The normalized spacial score (nSPS) is 23.4. The third-order valence-corrected chi connectivity index (χ3v) is 8.15. The summed E-state index contributed by atoms with van der Waals surface area (Å²) in [6.07, 6.45) is 2.14. The lowest BCUT2D eigenvalue weighted by molar-refractivity contribution is -0.137. The molecule has 3 aromatic heterocycles. The van der Waals surface area contributed by atoms with Gasteiger partial charge in [-0.1, -0.05) is 23.4 Å². The predicted molar refractivity (Wildman–Crippen MR) is 127 cm³/mol. The van der Waals surface area contributed by atoms with Gasteiger partial charge >= 0.3 is 6.18 Å². The Labute approximate surface area is 210 Å². The summed E-state index contributed by atoms with van der Waals surface area (Å²) < 4.78 is 53.5. The molecule has 3 aliphatic rings. The van der Waals surface area contributed by atoms with Crippen LogP contribution in [0.25, 0.3) is 22.8 Å². The van der Waals surface area contributed by atoms with Crippen molar-refractivity contribution in [3.63, 3.8) is 0 Å². The van der Waals surface area contributed by atoms with E-state index >= 15 is 0 Å². The van der Waals surface area contributed by atoms with Crippen LogP contribution in [0.4, 0.5) is 13.2 Å². The summed E-state index contributed by atoms with van der Waals surface area (Å²) in [7, 11) is 3.32. The molecule has 3 saturated carbocycles. The lowest BCUT2D eigenvalue weighted by atomic mass is 9.53. The van der Waals surface area contributed by atoms with Gasteiger partial charge in [0.2, 0.25) is 17.6 Å². The second kappa shape index (κ2) is 8.39. The molecule has 3 aliphatic carbocycles. The number of alkyl halides is 3. The number of aromatic nitrogens is 6. The molecular weight excluding hydrogens is 485 g/mol. The van der Waals surface area contributed by atoms with Crippen LogP contribution in [0.15, 0.2) is 47.1 Å². The number of nitrogens with zero attached hydrogens (tertiary/aromatic N) is 6. The van der Waals surface area contributed by atoms with Crippen LogP contribution in [0.1, 0.15) is 55.8 Å². The summed E-state index contributed by atoms with van der Waals surface area (Å²) in [6.45, 7) is 0. The molecule has 0 amide bonds. The second-order valence-corrected chi connectivity index (χ2v) is 10.0. The molecule has 0 radical (unpaired) electrons. The first-order chi connectivity index (χ1) is 17.7. The van der Waals surface area contributed by atoms with E-state index in [0.29, 0.717) is 17.6 Å². The molecule has 1 aromatic carbocycles. The fourth-order valence-electron chi connectivity index (χ4n) is 5.98. The standard InChI is InChI=1S/C26H25F3N6O2/c1-35-21(17-5-3-4-6-18(17)26(27,28)29)32-33-22(35)24-9-12-25(13-10-24,14-11-24)23-31-20(34-37-23)16-7-8-19(36-2)30-15-16/h3-8,15H,9-14H2,1-2H3. The number of hydrogen-bond donors (Lipinski definition) is 0. The molecule has 0 atom stereocenters. The Balaban J connectivity index is 1.25. The highest BCUT2D eigenvalue weighted by Crippen LogP contribution is 2.58. The molecule has 37 heavy (non-hydrogen) atoms. The number of hydrogen-bond acceptors (Lipinski definition) is 7. The van der Waals surface area contributed by atoms with Gasteiger partial charge in [0.25, 0.3) is 0 Å². The summed E-state index contributed by atoms with van der Waals surface area (Å²) in [5, 5.41) is 12.9. The molecule has 8 nitrogen and oxygen atoms in total. The van der Waals surface area contributed by atoms with Crippen molar-refractivity contribution < 1.29 is 22.4 Å². The van der Waals surface area contributed by atoms with Crippen molar-refractivity contribution in [2.75, 3.05) is 7.11 Å². The van der Waals surface area contributed by atoms with E-state index in [9.17, 15) is 13.2 Å². The fraction of sp³-hybridized carbons (Fsp3) is 0.423. The molecule has 4 aromatic rings. The molecule has 0 unspecified atom stereocenters. The van der Waals surface area contributed by atoms with Crippen LogP contribution in [0.2, 0.25) is 0 Å². The second-order valence-electron chi connectivity index (χ2n) is 10.0. The third kappa shape index (κ3) is 3.79. The lowest BCUT2D eigenvalue weighted by Crippen LogP contribution is -2.47. The van der Waals surface area contributed by atoms with E-state index in [1.807, 2.05) is 6.07 Å². The average molecular weight is 511 g/mol. The number of benzene rings is 1. The minimum Gasteiger partial charge on any atom is -0.481 e. The topological polar surface area (TPSA) is 91.8 Å². The first-order valence-corrected chi connectivity index (χ1v) is 12.2. The smallest absolute Gasteiger partial charge is 0.417 e. The summed E-state index contributed by atoms with van der Waals surface area (Å²) in [4.78, 5) is 8.93. The van der Waals surface area contributed by atoms with Crippen molar-refractivity contribution in [3.05, 3.63) is 59.9 Å². The zero-order valence-corrected chi connectivity index (χ0v) is 20.4. The summed E-state index contributed by atoms with van der Waals surface area (Å²) in [6, 6.07) is 9.10. The maximum Gasteiger partial charge on any atom is 0.417 e. The Morgan fingerprint density at radius 1 is 0.946 bits per heavy atom. The fourth-order valence-corrected chi connectivity index (χ4v) is 5.98. The first-order valence-electron chi connectivity index (χ1n) is 12.2. The van der Waals surface area contributed by atoms with Gasteiger partial charge in [0.1, 0.15) is 5.82 Å². The van der Waals surface area contributed by atoms with Crippen LogP contribution >= 0.6 is 0 Å². The van der Waals surface area contributed by atoms with Crippen LogP contribution in [0, 0.1) is 0 Å². The molecular formula is C26H25F3N6O2. The molecule has 192 valence electrons. The van der Waals surface area contributed by atoms with Gasteiger partial charge in [0.15, 0.2) is 5.82 Å². The maximum atomic E-state index is 13.6. The van der Waals surface area contributed by atoms with Gasteiger partial charge < -0.3 is 13.8 Å². The Hall–Kier alpha value is -3.76. The van der Waals surface area contributed by atoms with E-state index in [1.54, 1.807) is 37.1 Å². The molecule has 7 rings (SSSR count). The van der Waals surface area contributed by atoms with Crippen molar-refractivity contribution in [2.45, 2.75) is 55.5 Å². The van der Waals surface area contributed by atoms with E-state index in [-0.39, 0.29) is 22.2 Å². The van der Waals surface area contributed by atoms with E-state index in [1.165, 1.54) is 12.1 Å². The molecule has 11 heteroatoms. The zero-order chi connectivity index (χ0) is 25.8. The summed E-state index contributed by atoms with van der Waals surface area (Å²) in [5.41, 5.74) is -0.367. The molecule has 0 N–H and O–H groups in total. The van der Waals surface area contributed by atoms with Gasteiger partial charge in [-0.05, 0) is 50.7 Å². The number of pyridine rings is 1. The van der Waals surface area contributed by atoms with Gasteiger partial charge in [-0.25, -0.2) is 4.98 Å². The SMILES string of the molecule is COc1ccc(-c2noc(C34CCC(c5nnc(-c6ccccc6C(F)(F)F)n5C)(CC3)CC4)n2)cn1. The van der Waals surface area contributed by atoms with Crippen molar-refractivity contribution in [1.29, 1.82) is 0 Å². The van der Waals surface area contributed by atoms with Crippen LogP contribution in [-0.4, -0.2) is 37.0 Å². The van der Waals surface area contributed by atoms with E-state index in [0.717, 1.165) is 56.0 Å². The quantitative estimate of drug-likeness (QED) is 0.350. The van der Waals surface area contributed by atoms with Gasteiger partial charge in [0.05, 0.1) is 12.7 Å². The van der Waals surface area contributed by atoms with Gasteiger partial charge in [-0.15, -0.1) is 10.2 Å².